The SMILES string of the molecule is CC1CC(=O)N(c2cccc(N)c2)C(=O)N1. The van der Waals surface area contributed by atoms with E-state index in [0.717, 1.165) is 4.90 Å². The van der Waals surface area contributed by atoms with E-state index in [1.807, 2.05) is 0 Å². The summed E-state index contributed by atoms with van der Waals surface area (Å²) >= 11 is 0. The molecular weight excluding hydrogens is 206 g/mol. The number of benzene rings is 1. The highest BCUT2D eigenvalue weighted by atomic mass is 16.2. The third-order valence-corrected chi connectivity index (χ3v) is 2.43. The van der Waals surface area contributed by atoms with E-state index in [0.29, 0.717) is 17.8 Å². The summed E-state index contributed by atoms with van der Waals surface area (Å²) in [5.41, 5.74) is 6.65. The van der Waals surface area contributed by atoms with Gasteiger partial charge in [-0.1, -0.05) is 6.07 Å². The van der Waals surface area contributed by atoms with Crippen LogP contribution in [-0.2, 0) is 4.79 Å². The van der Waals surface area contributed by atoms with E-state index < -0.39 is 6.03 Å². The second-order valence-electron chi connectivity index (χ2n) is 3.88. The van der Waals surface area contributed by atoms with Gasteiger partial charge in [0, 0.05) is 18.2 Å². The maximum Gasteiger partial charge on any atom is 0.328 e. The Labute approximate surface area is 93.2 Å². The molecule has 0 radical (unpaired) electrons. The quantitative estimate of drug-likeness (QED) is 0.694. The maximum atomic E-state index is 11.8. The summed E-state index contributed by atoms with van der Waals surface area (Å²) in [6.07, 6.45) is 0.306. The normalized spacial score (nSPS) is 20.8. The largest absolute Gasteiger partial charge is 0.399 e. The van der Waals surface area contributed by atoms with Crippen LogP contribution in [0.5, 0.6) is 0 Å². The van der Waals surface area contributed by atoms with Crippen molar-refractivity contribution in [2.75, 3.05) is 10.6 Å². The van der Waals surface area contributed by atoms with Gasteiger partial charge in [0.15, 0.2) is 0 Å². The van der Waals surface area contributed by atoms with Gasteiger partial charge in [-0.15, -0.1) is 0 Å². The fourth-order valence-corrected chi connectivity index (χ4v) is 1.72. The topological polar surface area (TPSA) is 75.4 Å². The molecule has 16 heavy (non-hydrogen) atoms. The fraction of sp³-hybridized carbons (Fsp3) is 0.273. The molecule has 0 spiro atoms. The minimum atomic E-state index is -0.394. The highest BCUT2D eigenvalue weighted by Crippen LogP contribution is 2.21. The molecule has 84 valence electrons. The first-order valence-corrected chi connectivity index (χ1v) is 5.07. The van der Waals surface area contributed by atoms with Crippen molar-refractivity contribution in [3.05, 3.63) is 24.3 Å². The van der Waals surface area contributed by atoms with Crippen LogP contribution in [0.1, 0.15) is 13.3 Å². The summed E-state index contributed by atoms with van der Waals surface area (Å²) in [5.74, 6) is -0.207. The van der Waals surface area contributed by atoms with Crippen molar-refractivity contribution < 1.29 is 9.59 Å². The zero-order chi connectivity index (χ0) is 11.7. The summed E-state index contributed by atoms with van der Waals surface area (Å²) in [6.45, 7) is 1.80. The first-order chi connectivity index (χ1) is 7.58. The number of nitrogen functional groups attached to an aromatic ring is 1. The lowest BCUT2D eigenvalue weighted by Gasteiger charge is -2.29. The predicted molar refractivity (Wildman–Crippen MR) is 61.0 cm³/mol. The molecule has 3 amide bonds. The van der Waals surface area contributed by atoms with Crippen molar-refractivity contribution in [3.63, 3.8) is 0 Å². The van der Waals surface area contributed by atoms with Crippen LogP contribution in [-0.4, -0.2) is 18.0 Å². The van der Waals surface area contributed by atoms with Crippen LogP contribution in [0, 0.1) is 0 Å². The molecule has 0 saturated carbocycles. The Bertz CT molecular complexity index is 427. The van der Waals surface area contributed by atoms with E-state index in [4.69, 9.17) is 5.73 Å². The Balaban J connectivity index is 2.33. The van der Waals surface area contributed by atoms with Gasteiger partial charge < -0.3 is 11.1 Å². The second kappa shape index (κ2) is 3.84. The Kier molecular flexibility index (Phi) is 2.52. The summed E-state index contributed by atoms with van der Waals surface area (Å²) in [7, 11) is 0. The summed E-state index contributed by atoms with van der Waals surface area (Å²) in [4.78, 5) is 24.6. The number of anilines is 2. The molecule has 0 aromatic heterocycles. The maximum absolute atomic E-state index is 11.8. The van der Waals surface area contributed by atoms with Crippen LogP contribution >= 0.6 is 0 Å². The molecule has 5 heteroatoms. The molecule has 5 nitrogen and oxygen atoms in total. The first-order valence-electron chi connectivity index (χ1n) is 5.07. The lowest BCUT2D eigenvalue weighted by atomic mass is 10.1. The lowest BCUT2D eigenvalue weighted by molar-refractivity contribution is -0.118. The zero-order valence-electron chi connectivity index (χ0n) is 8.93. The van der Waals surface area contributed by atoms with Crippen molar-refractivity contribution in [3.8, 4) is 0 Å². The number of hydrogen-bond acceptors (Lipinski definition) is 3. The predicted octanol–water partition coefficient (Wildman–Crippen LogP) is 1.10. The van der Waals surface area contributed by atoms with Gasteiger partial charge in [0.1, 0.15) is 0 Å². The highest BCUT2D eigenvalue weighted by Gasteiger charge is 2.30. The van der Waals surface area contributed by atoms with E-state index in [2.05, 4.69) is 5.32 Å². The molecule has 1 aliphatic rings. The number of imide groups is 1. The molecular formula is C11H13N3O2. The molecule has 1 atom stereocenters. The standard InChI is InChI=1S/C11H13N3O2/c1-7-5-10(15)14(11(16)13-7)9-4-2-3-8(12)6-9/h2-4,6-7H,5,12H2,1H3,(H,13,16). The molecule has 2 rings (SSSR count). The minimum Gasteiger partial charge on any atom is -0.399 e. The number of nitrogens with zero attached hydrogens (tertiary/aromatic N) is 1. The van der Waals surface area contributed by atoms with Crippen LogP contribution in [0.25, 0.3) is 0 Å². The Morgan fingerprint density at radius 3 is 2.81 bits per heavy atom. The van der Waals surface area contributed by atoms with Crippen LogP contribution < -0.4 is 16.0 Å². The van der Waals surface area contributed by atoms with Crippen molar-refractivity contribution >= 4 is 23.3 Å². The molecule has 1 aliphatic heterocycles. The van der Waals surface area contributed by atoms with E-state index >= 15 is 0 Å². The highest BCUT2D eigenvalue weighted by molar-refractivity contribution is 6.16. The molecule has 1 aromatic rings. The van der Waals surface area contributed by atoms with Crippen LogP contribution in [0.4, 0.5) is 16.2 Å². The summed E-state index contributed by atoms with van der Waals surface area (Å²) in [6, 6.07) is 6.20. The van der Waals surface area contributed by atoms with E-state index in [-0.39, 0.29) is 11.9 Å². The molecule has 1 heterocycles. The van der Waals surface area contributed by atoms with Gasteiger partial charge in [0.05, 0.1) is 5.69 Å². The van der Waals surface area contributed by atoms with Gasteiger partial charge in [0.2, 0.25) is 5.91 Å². The molecule has 1 aromatic carbocycles. The van der Waals surface area contributed by atoms with Crippen molar-refractivity contribution in [1.29, 1.82) is 0 Å². The smallest absolute Gasteiger partial charge is 0.328 e. The van der Waals surface area contributed by atoms with E-state index in [1.165, 1.54) is 0 Å². The molecule has 1 saturated heterocycles. The third-order valence-electron chi connectivity index (χ3n) is 2.43. The average Bonchev–Trinajstić information content (AvgIpc) is 2.15. The Hall–Kier alpha value is -2.04. The molecule has 1 unspecified atom stereocenters. The zero-order valence-corrected chi connectivity index (χ0v) is 8.93. The monoisotopic (exact) mass is 219 g/mol. The van der Waals surface area contributed by atoms with Crippen LogP contribution in [0.15, 0.2) is 24.3 Å². The fourth-order valence-electron chi connectivity index (χ4n) is 1.72. The number of urea groups is 1. The number of rotatable bonds is 1. The number of nitrogens with one attached hydrogen (secondary N) is 1. The number of nitrogens with two attached hydrogens (primary N) is 1. The van der Waals surface area contributed by atoms with Crippen LogP contribution in [0.2, 0.25) is 0 Å². The number of amides is 3. The van der Waals surface area contributed by atoms with Gasteiger partial charge in [-0.25, -0.2) is 9.69 Å². The van der Waals surface area contributed by atoms with Gasteiger partial charge in [-0.3, -0.25) is 4.79 Å². The Morgan fingerprint density at radius 2 is 2.19 bits per heavy atom. The van der Waals surface area contributed by atoms with Gasteiger partial charge in [0.25, 0.3) is 0 Å². The number of carbonyl (C=O) groups is 2. The molecule has 3 N–H and O–H groups in total. The molecule has 0 aliphatic carbocycles. The van der Waals surface area contributed by atoms with Crippen molar-refractivity contribution in [2.24, 2.45) is 0 Å². The number of carbonyl (C=O) groups excluding carboxylic acids is 2. The van der Waals surface area contributed by atoms with Crippen molar-refractivity contribution in [2.45, 2.75) is 19.4 Å². The van der Waals surface area contributed by atoms with Gasteiger partial charge in [-0.2, -0.15) is 0 Å². The average molecular weight is 219 g/mol. The number of hydrogen-bond donors (Lipinski definition) is 2. The minimum absolute atomic E-state index is 0.114. The molecule has 0 bridgehead atoms. The molecule has 1 fully saturated rings. The van der Waals surface area contributed by atoms with Crippen LogP contribution in [0.3, 0.4) is 0 Å². The van der Waals surface area contributed by atoms with Gasteiger partial charge >= 0.3 is 6.03 Å². The third kappa shape index (κ3) is 1.84. The summed E-state index contributed by atoms with van der Waals surface area (Å²) < 4.78 is 0. The summed E-state index contributed by atoms with van der Waals surface area (Å²) in [5, 5.41) is 2.70. The van der Waals surface area contributed by atoms with E-state index in [9.17, 15) is 9.59 Å². The first kappa shape index (κ1) is 10.5. The van der Waals surface area contributed by atoms with Gasteiger partial charge in [-0.05, 0) is 25.1 Å². The lowest BCUT2D eigenvalue weighted by Crippen LogP contribution is -2.54. The van der Waals surface area contributed by atoms with E-state index in [1.54, 1.807) is 31.2 Å². The van der Waals surface area contributed by atoms with Crippen molar-refractivity contribution in [1.82, 2.24) is 5.32 Å². The Morgan fingerprint density at radius 1 is 1.44 bits per heavy atom. The second-order valence-corrected chi connectivity index (χ2v) is 3.88.